The van der Waals surface area contributed by atoms with Crippen molar-refractivity contribution in [1.29, 1.82) is 0 Å². The number of nitrogens with one attached hydrogen (secondary N) is 1. The minimum Gasteiger partial charge on any atom is -0.406 e. The van der Waals surface area contributed by atoms with Crippen LogP contribution in [0.5, 0.6) is 5.75 Å². The zero-order valence-corrected chi connectivity index (χ0v) is 18.6. The summed E-state index contributed by atoms with van der Waals surface area (Å²) in [5.74, 6) is -0.412. The topological polar surface area (TPSA) is 100 Å². The van der Waals surface area contributed by atoms with Gasteiger partial charge in [0.1, 0.15) is 17.3 Å². The van der Waals surface area contributed by atoms with Crippen LogP contribution in [0.3, 0.4) is 0 Å². The average Bonchev–Trinajstić information content (AvgIpc) is 3.43. The molecule has 34 heavy (non-hydrogen) atoms. The Balaban J connectivity index is 1.74. The van der Waals surface area contributed by atoms with Gasteiger partial charge in [0.15, 0.2) is 0 Å². The SMILES string of the molecule is COCCn1c(C(NC(=O)c2cnc(C)cn2)C2CCOC2)nc2cc(OC(F)(F)F)ccc21. The van der Waals surface area contributed by atoms with E-state index in [1.807, 2.05) is 4.57 Å². The molecule has 3 heterocycles. The van der Waals surface area contributed by atoms with Crippen molar-refractivity contribution in [2.75, 3.05) is 26.9 Å². The summed E-state index contributed by atoms with van der Waals surface area (Å²) in [6.07, 6.45) is -1.25. The van der Waals surface area contributed by atoms with Gasteiger partial charge < -0.3 is 24.1 Å². The Labute approximate surface area is 193 Å². The summed E-state index contributed by atoms with van der Waals surface area (Å²) in [6, 6.07) is 3.40. The van der Waals surface area contributed by atoms with Crippen molar-refractivity contribution in [3.63, 3.8) is 0 Å². The first-order valence-electron chi connectivity index (χ1n) is 10.7. The highest BCUT2D eigenvalue weighted by Gasteiger charge is 2.34. The lowest BCUT2D eigenvalue weighted by Crippen LogP contribution is -2.36. The van der Waals surface area contributed by atoms with Crippen LogP contribution >= 0.6 is 0 Å². The van der Waals surface area contributed by atoms with Crippen LogP contribution in [0.4, 0.5) is 13.2 Å². The predicted octanol–water partition coefficient (Wildman–Crippen LogP) is 3.19. The number of carbonyl (C=O) groups excluding carboxylic acids is 1. The Hall–Kier alpha value is -3.25. The van der Waals surface area contributed by atoms with Gasteiger partial charge in [-0.2, -0.15) is 0 Å². The molecule has 1 amide bonds. The number of carbonyl (C=O) groups is 1. The van der Waals surface area contributed by atoms with Crippen LogP contribution in [0.25, 0.3) is 11.0 Å². The number of rotatable bonds is 8. The van der Waals surface area contributed by atoms with Crippen LogP contribution in [0.1, 0.15) is 34.5 Å². The van der Waals surface area contributed by atoms with E-state index >= 15 is 0 Å². The van der Waals surface area contributed by atoms with Crippen LogP contribution < -0.4 is 10.1 Å². The van der Waals surface area contributed by atoms with Gasteiger partial charge in [0, 0.05) is 38.4 Å². The second-order valence-corrected chi connectivity index (χ2v) is 7.93. The molecule has 1 fully saturated rings. The molecule has 0 saturated carbocycles. The summed E-state index contributed by atoms with van der Waals surface area (Å²) in [4.78, 5) is 25.9. The summed E-state index contributed by atoms with van der Waals surface area (Å²) in [7, 11) is 1.55. The number of imidazole rings is 1. The molecular weight excluding hydrogens is 455 g/mol. The van der Waals surface area contributed by atoms with Crippen molar-refractivity contribution in [2.45, 2.75) is 32.3 Å². The van der Waals surface area contributed by atoms with E-state index in [0.29, 0.717) is 55.3 Å². The maximum Gasteiger partial charge on any atom is 0.573 e. The molecule has 3 aromatic rings. The molecule has 0 radical (unpaired) electrons. The largest absolute Gasteiger partial charge is 0.573 e. The second kappa shape index (κ2) is 9.94. The minimum atomic E-state index is -4.82. The standard InChI is InChI=1S/C22H24F3N5O4/c1-13-10-27-17(11-26-13)21(31)29-19(14-5-7-33-12-14)20-28-16-9-15(34-22(23,24)25)3-4-18(16)30(20)6-8-32-2/h3-4,9-11,14,19H,5-8,12H2,1-2H3,(H,29,31). The lowest BCUT2D eigenvalue weighted by atomic mass is 9.98. The minimum absolute atomic E-state index is 0.0913. The van der Waals surface area contributed by atoms with Gasteiger partial charge >= 0.3 is 6.36 Å². The lowest BCUT2D eigenvalue weighted by Gasteiger charge is -2.24. The summed E-state index contributed by atoms with van der Waals surface area (Å²) in [5, 5.41) is 2.98. The molecule has 4 rings (SSSR count). The number of nitrogens with zero attached hydrogens (tertiary/aromatic N) is 4. The first-order valence-corrected chi connectivity index (χ1v) is 10.7. The molecule has 2 atom stereocenters. The monoisotopic (exact) mass is 479 g/mol. The zero-order valence-electron chi connectivity index (χ0n) is 18.6. The normalized spacial score (nSPS) is 17.1. The highest BCUT2D eigenvalue weighted by molar-refractivity contribution is 5.92. The van der Waals surface area contributed by atoms with E-state index in [2.05, 4.69) is 25.0 Å². The molecule has 1 saturated heterocycles. The van der Waals surface area contributed by atoms with E-state index in [1.165, 1.54) is 30.6 Å². The Bertz CT molecular complexity index is 1140. The van der Waals surface area contributed by atoms with E-state index < -0.39 is 18.3 Å². The van der Waals surface area contributed by atoms with Crippen LogP contribution in [0, 0.1) is 12.8 Å². The molecular formula is C22H24F3N5O4. The van der Waals surface area contributed by atoms with Gasteiger partial charge in [-0.25, -0.2) is 9.97 Å². The van der Waals surface area contributed by atoms with Crippen LogP contribution in [0.15, 0.2) is 30.6 Å². The molecule has 1 aromatic carbocycles. The Morgan fingerprint density at radius 1 is 1.32 bits per heavy atom. The summed E-state index contributed by atoms with van der Waals surface area (Å²) >= 11 is 0. The fraction of sp³-hybridized carbons (Fsp3) is 0.455. The molecule has 1 aliphatic rings. The predicted molar refractivity (Wildman–Crippen MR) is 114 cm³/mol. The summed E-state index contributed by atoms with van der Waals surface area (Å²) in [6.45, 7) is 3.42. The Morgan fingerprint density at radius 3 is 2.79 bits per heavy atom. The number of ether oxygens (including phenoxy) is 3. The van der Waals surface area contributed by atoms with E-state index in [4.69, 9.17) is 9.47 Å². The number of alkyl halides is 3. The van der Waals surface area contributed by atoms with Crippen molar-refractivity contribution >= 4 is 16.9 Å². The first kappa shape index (κ1) is 23.9. The van der Waals surface area contributed by atoms with Crippen LogP contribution in [-0.2, 0) is 16.0 Å². The zero-order chi connectivity index (χ0) is 24.3. The Kier molecular flexibility index (Phi) is 6.98. The van der Waals surface area contributed by atoms with Gasteiger partial charge in [-0.05, 0) is 25.5 Å². The fourth-order valence-corrected chi connectivity index (χ4v) is 3.91. The maximum absolute atomic E-state index is 13.0. The lowest BCUT2D eigenvalue weighted by molar-refractivity contribution is -0.274. The van der Waals surface area contributed by atoms with Gasteiger partial charge in [0.25, 0.3) is 5.91 Å². The van der Waals surface area contributed by atoms with Gasteiger partial charge in [0.2, 0.25) is 0 Å². The number of amides is 1. The fourth-order valence-electron chi connectivity index (χ4n) is 3.91. The molecule has 0 spiro atoms. The third-order valence-corrected chi connectivity index (χ3v) is 5.52. The molecule has 0 aliphatic carbocycles. The van der Waals surface area contributed by atoms with E-state index in [1.54, 1.807) is 14.0 Å². The van der Waals surface area contributed by atoms with Crippen molar-refractivity contribution in [2.24, 2.45) is 5.92 Å². The first-order chi connectivity index (χ1) is 16.2. The van der Waals surface area contributed by atoms with Gasteiger partial charge in [-0.1, -0.05) is 0 Å². The van der Waals surface area contributed by atoms with Crippen LogP contribution in [0.2, 0.25) is 0 Å². The molecule has 2 unspecified atom stereocenters. The highest BCUT2D eigenvalue weighted by Crippen LogP contribution is 2.33. The van der Waals surface area contributed by atoms with E-state index in [9.17, 15) is 18.0 Å². The van der Waals surface area contributed by atoms with Crippen molar-refractivity contribution < 1.29 is 32.2 Å². The maximum atomic E-state index is 13.0. The number of hydrogen-bond donors (Lipinski definition) is 1. The molecule has 182 valence electrons. The number of methoxy groups -OCH3 is 1. The second-order valence-electron chi connectivity index (χ2n) is 7.93. The van der Waals surface area contributed by atoms with Crippen molar-refractivity contribution in [1.82, 2.24) is 24.8 Å². The third kappa shape index (κ3) is 5.45. The number of aromatic nitrogens is 4. The molecule has 2 aromatic heterocycles. The molecule has 9 nitrogen and oxygen atoms in total. The smallest absolute Gasteiger partial charge is 0.406 e. The van der Waals surface area contributed by atoms with Gasteiger partial charge in [0.05, 0.1) is 42.2 Å². The molecule has 0 bridgehead atoms. The van der Waals surface area contributed by atoms with E-state index in [-0.39, 0.29) is 17.4 Å². The third-order valence-electron chi connectivity index (χ3n) is 5.52. The quantitative estimate of drug-likeness (QED) is 0.530. The molecule has 12 heteroatoms. The van der Waals surface area contributed by atoms with Crippen LogP contribution in [-0.4, -0.2) is 58.7 Å². The average molecular weight is 479 g/mol. The summed E-state index contributed by atoms with van der Waals surface area (Å²) < 4.78 is 54.8. The number of halogens is 3. The van der Waals surface area contributed by atoms with Gasteiger partial charge in [-0.15, -0.1) is 13.2 Å². The number of benzene rings is 1. The van der Waals surface area contributed by atoms with Gasteiger partial charge in [-0.3, -0.25) is 9.78 Å². The Morgan fingerprint density at radius 2 is 2.15 bits per heavy atom. The van der Waals surface area contributed by atoms with Crippen molar-refractivity contribution in [3.8, 4) is 5.75 Å². The molecule has 1 N–H and O–H groups in total. The molecule has 1 aliphatic heterocycles. The van der Waals surface area contributed by atoms with Crippen molar-refractivity contribution in [3.05, 3.63) is 47.8 Å². The summed E-state index contributed by atoms with van der Waals surface area (Å²) in [5.41, 5.74) is 1.72. The number of aryl methyl sites for hydroxylation is 1. The number of fused-ring (bicyclic) bond motifs is 1. The number of hydrogen-bond acceptors (Lipinski definition) is 7. The van der Waals surface area contributed by atoms with E-state index in [0.717, 1.165) is 0 Å². The highest BCUT2D eigenvalue weighted by atomic mass is 19.4.